The molecule has 0 radical (unpaired) electrons. The quantitative estimate of drug-likeness (QED) is 0.615. The van der Waals surface area contributed by atoms with Gasteiger partial charge in [0.15, 0.2) is 6.10 Å². The second-order valence-electron chi connectivity index (χ2n) is 9.66. The van der Waals surface area contributed by atoms with Crippen molar-refractivity contribution >= 4 is 5.91 Å². The van der Waals surface area contributed by atoms with Crippen LogP contribution in [0.1, 0.15) is 70.1 Å². The Hall–Kier alpha value is -2.33. The molecule has 31 heavy (non-hydrogen) atoms. The number of nitrogens with zero attached hydrogens (tertiary/aromatic N) is 1. The Morgan fingerprint density at radius 3 is 2.35 bits per heavy atom. The van der Waals surface area contributed by atoms with Crippen LogP contribution in [0.4, 0.5) is 0 Å². The van der Waals surface area contributed by atoms with E-state index in [0.717, 1.165) is 17.9 Å². The molecule has 0 spiro atoms. The number of nitrogens with one attached hydrogen (secondary N) is 1. The minimum atomic E-state index is -0.489. The summed E-state index contributed by atoms with van der Waals surface area (Å²) in [4.78, 5) is 15.3. The van der Waals surface area contributed by atoms with E-state index in [-0.39, 0.29) is 11.3 Å². The maximum atomic E-state index is 12.7. The molecule has 1 atom stereocenters. The smallest absolute Gasteiger partial charge is 0.261 e. The van der Waals surface area contributed by atoms with Crippen molar-refractivity contribution in [2.24, 2.45) is 0 Å². The first-order chi connectivity index (χ1) is 14.8. The number of piperidine rings is 1. The van der Waals surface area contributed by atoms with Crippen molar-refractivity contribution in [1.29, 1.82) is 0 Å². The van der Waals surface area contributed by atoms with Crippen LogP contribution in [0.15, 0.2) is 48.5 Å². The Kier molecular flexibility index (Phi) is 8.14. The standard InChI is InChI=1S/C27H38N2O2/c1-5-25(31-24-14-12-23(13-15-24)27(2,3)4)26(30)28-19-21-10-9-11-22(18-21)20-29-16-7-6-8-17-29/h9-15,18,25H,5-8,16-17,19-20H2,1-4H3,(H,28,30). The summed E-state index contributed by atoms with van der Waals surface area (Å²) in [7, 11) is 0. The fourth-order valence-electron chi connectivity index (χ4n) is 4.04. The number of likely N-dealkylation sites (tertiary alicyclic amines) is 1. The number of carbonyl (C=O) groups excluding carboxylic acids is 1. The summed E-state index contributed by atoms with van der Waals surface area (Å²) in [6.07, 6.45) is 4.09. The van der Waals surface area contributed by atoms with Crippen molar-refractivity contribution in [1.82, 2.24) is 10.2 Å². The molecule has 0 aromatic heterocycles. The van der Waals surface area contributed by atoms with Crippen LogP contribution in [-0.4, -0.2) is 30.0 Å². The van der Waals surface area contributed by atoms with E-state index < -0.39 is 6.10 Å². The fraction of sp³-hybridized carbons (Fsp3) is 0.519. The molecule has 4 nitrogen and oxygen atoms in total. The Morgan fingerprint density at radius 2 is 1.71 bits per heavy atom. The van der Waals surface area contributed by atoms with Gasteiger partial charge in [0.25, 0.3) is 5.91 Å². The number of hydrogen-bond acceptors (Lipinski definition) is 3. The highest BCUT2D eigenvalue weighted by molar-refractivity contribution is 5.81. The first-order valence-electron chi connectivity index (χ1n) is 11.7. The predicted octanol–water partition coefficient (Wildman–Crippen LogP) is 5.44. The number of ether oxygens (including phenoxy) is 1. The van der Waals surface area contributed by atoms with Gasteiger partial charge in [0, 0.05) is 13.1 Å². The van der Waals surface area contributed by atoms with Gasteiger partial charge in [-0.2, -0.15) is 0 Å². The summed E-state index contributed by atoms with van der Waals surface area (Å²) in [5, 5.41) is 3.06. The molecule has 1 N–H and O–H groups in total. The minimum absolute atomic E-state index is 0.0659. The average Bonchev–Trinajstić information content (AvgIpc) is 2.76. The van der Waals surface area contributed by atoms with Gasteiger partial charge in [0.2, 0.25) is 0 Å². The molecule has 3 rings (SSSR count). The van der Waals surface area contributed by atoms with E-state index in [0.29, 0.717) is 13.0 Å². The first-order valence-corrected chi connectivity index (χ1v) is 11.7. The van der Waals surface area contributed by atoms with Gasteiger partial charge in [-0.1, -0.05) is 70.5 Å². The van der Waals surface area contributed by atoms with Crippen molar-refractivity contribution in [3.05, 3.63) is 65.2 Å². The zero-order valence-electron chi connectivity index (χ0n) is 19.6. The molecular formula is C27H38N2O2. The van der Waals surface area contributed by atoms with Crippen molar-refractivity contribution < 1.29 is 9.53 Å². The number of hydrogen-bond donors (Lipinski definition) is 1. The number of rotatable bonds is 8. The molecule has 1 heterocycles. The van der Waals surface area contributed by atoms with E-state index in [2.05, 4.69) is 67.4 Å². The van der Waals surface area contributed by atoms with Gasteiger partial charge in [0.05, 0.1) is 0 Å². The van der Waals surface area contributed by atoms with Gasteiger partial charge in [-0.25, -0.2) is 0 Å². The van der Waals surface area contributed by atoms with Crippen LogP contribution < -0.4 is 10.1 Å². The number of carbonyl (C=O) groups is 1. The first kappa shape index (κ1) is 23.3. The molecule has 0 bridgehead atoms. The van der Waals surface area contributed by atoms with Crippen LogP contribution in [-0.2, 0) is 23.3 Å². The molecular weight excluding hydrogens is 384 g/mol. The van der Waals surface area contributed by atoms with Crippen molar-refractivity contribution in [3.63, 3.8) is 0 Å². The lowest BCUT2D eigenvalue weighted by Crippen LogP contribution is -2.37. The molecule has 1 aliphatic heterocycles. The van der Waals surface area contributed by atoms with Gasteiger partial charge in [-0.05, 0) is 66.6 Å². The third-order valence-electron chi connectivity index (χ3n) is 5.97. The maximum Gasteiger partial charge on any atom is 0.261 e. The summed E-state index contributed by atoms with van der Waals surface area (Å²) in [5.41, 5.74) is 3.80. The molecule has 0 aliphatic carbocycles. The predicted molar refractivity (Wildman–Crippen MR) is 127 cm³/mol. The molecule has 1 saturated heterocycles. The Bertz CT molecular complexity index is 833. The van der Waals surface area contributed by atoms with Gasteiger partial charge < -0.3 is 10.1 Å². The van der Waals surface area contributed by atoms with Gasteiger partial charge in [-0.3, -0.25) is 9.69 Å². The highest BCUT2D eigenvalue weighted by atomic mass is 16.5. The Balaban J connectivity index is 1.53. The van der Waals surface area contributed by atoms with E-state index in [1.54, 1.807) is 0 Å². The number of amides is 1. The molecule has 1 aliphatic rings. The third kappa shape index (κ3) is 7.10. The van der Waals surface area contributed by atoms with E-state index in [9.17, 15) is 4.79 Å². The molecule has 1 unspecified atom stereocenters. The zero-order valence-corrected chi connectivity index (χ0v) is 19.6. The lowest BCUT2D eigenvalue weighted by Gasteiger charge is -2.26. The average molecular weight is 423 g/mol. The summed E-state index contributed by atoms with van der Waals surface area (Å²) in [5.74, 6) is 0.669. The van der Waals surface area contributed by atoms with Crippen LogP contribution in [0.25, 0.3) is 0 Å². The van der Waals surface area contributed by atoms with Crippen molar-refractivity contribution in [2.45, 2.75) is 78.0 Å². The second-order valence-corrected chi connectivity index (χ2v) is 9.66. The highest BCUT2D eigenvalue weighted by Crippen LogP contribution is 2.25. The van der Waals surface area contributed by atoms with E-state index >= 15 is 0 Å². The normalized spacial score (nSPS) is 16.0. The second kappa shape index (κ2) is 10.8. The summed E-state index contributed by atoms with van der Waals surface area (Å²) in [6, 6.07) is 16.6. The SMILES string of the molecule is CCC(Oc1ccc(C(C)(C)C)cc1)C(=O)NCc1cccc(CN2CCCCC2)c1. The zero-order chi connectivity index (χ0) is 22.3. The van der Waals surface area contributed by atoms with Crippen LogP contribution in [0, 0.1) is 0 Å². The van der Waals surface area contributed by atoms with Gasteiger partial charge in [0.1, 0.15) is 5.75 Å². The van der Waals surface area contributed by atoms with Crippen LogP contribution in [0.2, 0.25) is 0 Å². The maximum absolute atomic E-state index is 12.7. The number of benzene rings is 2. The van der Waals surface area contributed by atoms with Gasteiger partial charge >= 0.3 is 0 Å². The molecule has 168 valence electrons. The summed E-state index contributed by atoms with van der Waals surface area (Å²) < 4.78 is 5.99. The molecule has 1 fully saturated rings. The Labute approximate surface area is 188 Å². The Morgan fingerprint density at radius 1 is 1.03 bits per heavy atom. The topological polar surface area (TPSA) is 41.6 Å². The highest BCUT2D eigenvalue weighted by Gasteiger charge is 2.19. The van der Waals surface area contributed by atoms with E-state index in [1.165, 1.54) is 43.5 Å². The van der Waals surface area contributed by atoms with Gasteiger partial charge in [-0.15, -0.1) is 0 Å². The van der Waals surface area contributed by atoms with Crippen LogP contribution >= 0.6 is 0 Å². The molecule has 2 aromatic rings. The summed E-state index contributed by atoms with van der Waals surface area (Å²) in [6.45, 7) is 12.4. The molecule has 4 heteroatoms. The fourth-order valence-corrected chi connectivity index (χ4v) is 4.04. The largest absolute Gasteiger partial charge is 0.481 e. The molecule has 0 saturated carbocycles. The van der Waals surface area contributed by atoms with Crippen molar-refractivity contribution in [2.75, 3.05) is 13.1 Å². The summed E-state index contributed by atoms with van der Waals surface area (Å²) >= 11 is 0. The lowest BCUT2D eigenvalue weighted by molar-refractivity contribution is -0.128. The monoisotopic (exact) mass is 422 g/mol. The van der Waals surface area contributed by atoms with Crippen LogP contribution in [0.3, 0.4) is 0 Å². The van der Waals surface area contributed by atoms with E-state index in [1.807, 2.05) is 19.1 Å². The third-order valence-corrected chi connectivity index (χ3v) is 5.97. The lowest BCUT2D eigenvalue weighted by atomic mass is 9.87. The van der Waals surface area contributed by atoms with Crippen LogP contribution in [0.5, 0.6) is 5.75 Å². The van der Waals surface area contributed by atoms with E-state index in [4.69, 9.17) is 4.74 Å². The molecule has 1 amide bonds. The minimum Gasteiger partial charge on any atom is -0.481 e. The molecule has 2 aromatic carbocycles. The van der Waals surface area contributed by atoms with Crippen molar-refractivity contribution in [3.8, 4) is 5.75 Å².